The van der Waals surface area contributed by atoms with Crippen molar-refractivity contribution in [1.29, 1.82) is 0 Å². The average Bonchev–Trinajstić information content (AvgIpc) is 2.53. The Labute approximate surface area is 129 Å². The molecule has 4 heteroatoms. The Balaban J connectivity index is 2.26. The van der Waals surface area contributed by atoms with Crippen molar-refractivity contribution in [3.8, 4) is 17.0 Å². The van der Waals surface area contributed by atoms with Crippen molar-refractivity contribution < 1.29 is 9.84 Å². The zero-order chi connectivity index (χ0) is 15.7. The van der Waals surface area contributed by atoms with E-state index in [9.17, 15) is 5.11 Å². The lowest BCUT2D eigenvalue weighted by molar-refractivity contribution is 0.194. The van der Waals surface area contributed by atoms with Crippen molar-refractivity contribution >= 4 is 10.9 Å². The average molecular weight is 294 g/mol. The van der Waals surface area contributed by atoms with E-state index < -0.39 is 6.10 Å². The molecule has 22 heavy (non-hydrogen) atoms. The van der Waals surface area contributed by atoms with E-state index in [-0.39, 0.29) is 0 Å². The monoisotopic (exact) mass is 294 g/mol. The lowest BCUT2D eigenvalue weighted by atomic mass is 10.0. The molecule has 0 saturated carbocycles. The summed E-state index contributed by atoms with van der Waals surface area (Å²) in [6, 6.07) is 13.6. The van der Waals surface area contributed by atoms with Crippen LogP contribution in [0.5, 0.6) is 5.75 Å². The number of fused-ring (bicyclic) bond motifs is 1. The van der Waals surface area contributed by atoms with E-state index in [0.717, 1.165) is 33.6 Å². The number of aromatic nitrogens is 2. The van der Waals surface area contributed by atoms with Gasteiger partial charge in [-0.05, 0) is 44.2 Å². The summed E-state index contributed by atoms with van der Waals surface area (Å²) < 4.78 is 5.41. The maximum atomic E-state index is 9.73. The molecule has 112 valence electrons. The molecule has 2 aromatic heterocycles. The van der Waals surface area contributed by atoms with Gasteiger partial charge in [-0.15, -0.1) is 0 Å². The highest BCUT2D eigenvalue weighted by atomic mass is 16.5. The van der Waals surface area contributed by atoms with Crippen LogP contribution in [0.25, 0.3) is 22.2 Å². The molecule has 1 atom stereocenters. The highest BCUT2D eigenvalue weighted by Gasteiger charge is 2.12. The van der Waals surface area contributed by atoms with Crippen LogP contribution in [0.1, 0.15) is 24.4 Å². The van der Waals surface area contributed by atoms with Gasteiger partial charge in [0.25, 0.3) is 0 Å². The normalized spacial score (nSPS) is 12.4. The van der Waals surface area contributed by atoms with Crippen LogP contribution in [0.15, 0.2) is 42.5 Å². The number of methoxy groups -OCH3 is 1. The second-order valence-electron chi connectivity index (χ2n) is 5.29. The zero-order valence-corrected chi connectivity index (χ0v) is 12.9. The third kappa shape index (κ3) is 2.53. The largest absolute Gasteiger partial charge is 0.494 e. The molecule has 0 spiro atoms. The Morgan fingerprint density at radius 3 is 2.59 bits per heavy atom. The fourth-order valence-corrected chi connectivity index (χ4v) is 2.51. The fourth-order valence-electron chi connectivity index (χ4n) is 2.51. The molecule has 1 aromatic carbocycles. The highest BCUT2D eigenvalue weighted by molar-refractivity contribution is 5.97. The van der Waals surface area contributed by atoms with Crippen molar-refractivity contribution in [2.75, 3.05) is 7.11 Å². The van der Waals surface area contributed by atoms with Crippen LogP contribution < -0.4 is 4.74 Å². The number of aliphatic hydroxyl groups excluding tert-OH is 1. The molecule has 0 unspecified atom stereocenters. The number of aliphatic hydroxyl groups is 1. The summed E-state index contributed by atoms with van der Waals surface area (Å²) in [5.74, 6) is 0.745. The number of aryl methyl sites for hydroxylation is 1. The van der Waals surface area contributed by atoms with Crippen LogP contribution in [0.3, 0.4) is 0 Å². The SMILES string of the molecule is COc1ccc(-c2cccc([C@@H](C)O)n2)c2ccc(C)nc12. The van der Waals surface area contributed by atoms with Crippen molar-refractivity contribution in [2.24, 2.45) is 0 Å². The molecule has 0 saturated heterocycles. The smallest absolute Gasteiger partial charge is 0.145 e. The molecule has 0 amide bonds. The van der Waals surface area contributed by atoms with Crippen LogP contribution in [0.2, 0.25) is 0 Å². The van der Waals surface area contributed by atoms with E-state index in [4.69, 9.17) is 4.74 Å². The van der Waals surface area contributed by atoms with Crippen LogP contribution >= 0.6 is 0 Å². The predicted molar refractivity (Wildman–Crippen MR) is 86.9 cm³/mol. The Morgan fingerprint density at radius 2 is 1.86 bits per heavy atom. The minimum atomic E-state index is -0.593. The standard InChI is InChI=1S/C18H18N2O2/c1-11-7-8-14-13(9-10-17(22-3)18(14)19-11)16-6-4-5-15(20-16)12(2)21/h4-10,12,21H,1-3H3/t12-/m1/s1. The molecule has 0 aliphatic heterocycles. The van der Waals surface area contributed by atoms with Gasteiger partial charge < -0.3 is 9.84 Å². The van der Waals surface area contributed by atoms with Crippen molar-refractivity contribution in [1.82, 2.24) is 9.97 Å². The first kappa shape index (κ1) is 14.5. The summed E-state index contributed by atoms with van der Waals surface area (Å²) in [7, 11) is 1.64. The molecule has 0 aliphatic rings. The van der Waals surface area contributed by atoms with Crippen LogP contribution in [0, 0.1) is 6.92 Å². The second kappa shape index (κ2) is 5.73. The first-order valence-corrected chi connectivity index (χ1v) is 7.20. The molecule has 0 aliphatic carbocycles. The first-order valence-electron chi connectivity index (χ1n) is 7.20. The predicted octanol–water partition coefficient (Wildman–Crippen LogP) is 3.67. The van der Waals surface area contributed by atoms with E-state index in [1.165, 1.54) is 0 Å². The number of nitrogens with zero attached hydrogens (tertiary/aromatic N) is 2. The molecule has 2 heterocycles. The van der Waals surface area contributed by atoms with Gasteiger partial charge in [0.15, 0.2) is 0 Å². The summed E-state index contributed by atoms with van der Waals surface area (Å²) in [6.45, 7) is 3.67. The van der Waals surface area contributed by atoms with Gasteiger partial charge >= 0.3 is 0 Å². The van der Waals surface area contributed by atoms with Crippen molar-refractivity contribution in [3.63, 3.8) is 0 Å². The molecule has 0 bridgehead atoms. The van der Waals surface area contributed by atoms with Gasteiger partial charge in [-0.25, -0.2) is 4.98 Å². The van der Waals surface area contributed by atoms with Gasteiger partial charge in [0.1, 0.15) is 11.3 Å². The number of hydrogen-bond donors (Lipinski definition) is 1. The molecule has 0 fully saturated rings. The first-order chi connectivity index (χ1) is 10.6. The van der Waals surface area contributed by atoms with Gasteiger partial charge in [0, 0.05) is 16.6 Å². The quantitative estimate of drug-likeness (QED) is 0.801. The van der Waals surface area contributed by atoms with E-state index in [1.54, 1.807) is 14.0 Å². The van der Waals surface area contributed by atoms with Gasteiger partial charge in [0.05, 0.1) is 24.6 Å². The Bertz CT molecular complexity index is 828. The van der Waals surface area contributed by atoms with E-state index in [2.05, 4.69) is 9.97 Å². The summed E-state index contributed by atoms with van der Waals surface area (Å²) in [4.78, 5) is 9.14. The van der Waals surface area contributed by atoms with Crippen LogP contribution in [-0.2, 0) is 0 Å². The van der Waals surface area contributed by atoms with E-state index >= 15 is 0 Å². The molecule has 0 radical (unpaired) electrons. The summed E-state index contributed by atoms with van der Waals surface area (Å²) in [6.07, 6.45) is -0.593. The minimum Gasteiger partial charge on any atom is -0.494 e. The Kier molecular flexibility index (Phi) is 3.77. The number of pyridine rings is 2. The highest BCUT2D eigenvalue weighted by Crippen LogP contribution is 2.33. The van der Waals surface area contributed by atoms with E-state index in [1.807, 2.05) is 49.4 Å². The number of rotatable bonds is 3. The zero-order valence-electron chi connectivity index (χ0n) is 12.9. The number of ether oxygens (including phenoxy) is 1. The van der Waals surface area contributed by atoms with Crippen molar-refractivity contribution in [2.45, 2.75) is 20.0 Å². The number of hydrogen-bond acceptors (Lipinski definition) is 4. The number of benzene rings is 1. The third-order valence-electron chi connectivity index (χ3n) is 3.65. The molecule has 3 aromatic rings. The Morgan fingerprint density at radius 1 is 1.05 bits per heavy atom. The fraction of sp³-hybridized carbons (Fsp3) is 0.222. The molecule has 4 nitrogen and oxygen atoms in total. The third-order valence-corrected chi connectivity index (χ3v) is 3.65. The van der Waals surface area contributed by atoms with Gasteiger partial charge in [-0.3, -0.25) is 4.98 Å². The summed E-state index contributed by atoms with van der Waals surface area (Å²) in [5, 5.41) is 10.7. The van der Waals surface area contributed by atoms with Crippen LogP contribution in [0.4, 0.5) is 0 Å². The maximum Gasteiger partial charge on any atom is 0.145 e. The van der Waals surface area contributed by atoms with Gasteiger partial charge in [0.2, 0.25) is 0 Å². The van der Waals surface area contributed by atoms with Gasteiger partial charge in [-0.2, -0.15) is 0 Å². The summed E-state index contributed by atoms with van der Waals surface area (Å²) >= 11 is 0. The molecular weight excluding hydrogens is 276 g/mol. The topological polar surface area (TPSA) is 55.2 Å². The minimum absolute atomic E-state index is 0.593. The lowest BCUT2D eigenvalue weighted by Gasteiger charge is -2.11. The summed E-state index contributed by atoms with van der Waals surface area (Å²) in [5.41, 5.74) is 4.21. The molecule has 3 rings (SSSR count). The van der Waals surface area contributed by atoms with Gasteiger partial charge in [-0.1, -0.05) is 12.1 Å². The van der Waals surface area contributed by atoms with E-state index in [0.29, 0.717) is 5.69 Å². The molecule has 1 N–H and O–H groups in total. The maximum absolute atomic E-state index is 9.73. The lowest BCUT2D eigenvalue weighted by Crippen LogP contribution is -1.97. The van der Waals surface area contributed by atoms with Crippen molar-refractivity contribution in [3.05, 3.63) is 53.9 Å². The second-order valence-corrected chi connectivity index (χ2v) is 5.29. The van der Waals surface area contributed by atoms with Crippen LogP contribution in [-0.4, -0.2) is 22.2 Å². The Hall–Kier alpha value is -2.46. The molecular formula is C18H18N2O2.